The first kappa shape index (κ1) is 11.7. The molecular weight excluding hydrogens is 218 g/mol. The van der Waals surface area contributed by atoms with Gasteiger partial charge < -0.3 is 5.32 Å². The van der Waals surface area contributed by atoms with Gasteiger partial charge >= 0.3 is 0 Å². The van der Waals surface area contributed by atoms with Crippen LogP contribution in [0.5, 0.6) is 0 Å². The molecule has 0 aliphatic heterocycles. The van der Waals surface area contributed by atoms with Gasteiger partial charge in [-0.25, -0.2) is 0 Å². The summed E-state index contributed by atoms with van der Waals surface area (Å²) < 4.78 is 0. The van der Waals surface area contributed by atoms with Crippen LogP contribution in [0.2, 0.25) is 5.02 Å². The molecule has 0 bridgehead atoms. The highest BCUT2D eigenvalue weighted by molar-refractivity contribution is 6.31. The zero-order valence-corrected chi connectivity index (χ0v) is 10.6. The Morgan fingerprint density at radius 2 is 2.19 bits per heavy atom. The van der Waals surface area contributed by atoms with E-state index in [9.17, 15) is 0 Å². The molecule has 1 unspecified atom stereocenters. The highest BCUT2D eigenvalue weighted by atomic mass is 35.5. The van der Waals surface area contributed by atoms with Crippen molar-refractivity contribution in [1.82, 2.24) is 5.32 Å². The van der Waals surface area contributed by atoms with Crippen molar-refractivity contribution in [3.8, 4) is 0 Å². The first-order chi connectivity index (χ1) is 7.72. The Morgan fingerprint density at radius 3 is 2.75 bits per heavy atom. The zero-order valence-electron chi connectivity index (χ0n) is 9.89. The Morgan fingerprint density at radius 1 is 1.38 bits per heavy atom. The van der Waals surface area contributed by atoms with Crippen LogP contribution in [0.25, 0.3) is 0 Å². The van der Waals surface area contributed by atoms with Crippen LogP contribution in [0.3, 0.4) is 0 Å². The molecule has 1 atom stereocenters. The molecule has 1 aliphatic rings. The molecule has 1 aliphatic carbocycles. The van der Waals surface area contributed by atoms with E-state index in [0.717, 1.165) is 5.02 Å². The molecule has 0 saturated carbocycles. The van der Waals surface area contributed by atoms with Gasteiger partial charge in [-0.1, -0.05) is 35.4 Å². The van der Waals surface area contributed by atoms with Gasteiger partial charge in [-0.2, -0.15) is 0 Å². The van der Waals surface area contributed by atoms with Gasteiger partial charge in [0.25, 0.3) is 0 Å². The number of halogens is 1. The SMILES string of the molecule is CNC(C1=CCCC1)c1ccc(C)cc1Cl. The van der Waals surface area contributed by atoms with E-state index in [0.29, 0.717) is 0 Å². The smallest absolute Gasteiger partial charge is 0.0548 e. The quantitative estimate of drug-likeness (QED) is 0.781. The van der Waals surface area contributed by atoms with Gasteiger partial charge in [0.05, 0.1) is 6.04 Å². The summed E-state index contributed by atoms with van der Waals surface area (Å²) in [7, 11) is 2.00. The maximum atomic E-state index is 6.31. The molecule has 1 N–H and O–H groups in total. The molecular formula is C14H18ClN. The van der Waals surface area contributed by atoms with Crippen LogP contribution in [-0.2, 0) is 0 Å². The lowest BCUT2D eigenvalue weighted by atomic mass is 9.97. The molecule has 0 heterocycles. The summed E-state index contributed by atoms with van der Waals surface area (Å²) in [6.45, 7) is 2.07. The molecule has 1 aromatic carbocycles. The Hall–Kier alpha value is -0.790. The van der Waals surface area contributed by atoms with E-state index < -0.39 is 0 Å². The molecule has 0 saturated heterocycles. The van der Waals surface area contributed by atoms with E-state index in [1.54, 1.807) is 0 Å². The molecule has 0 amide bonds. The molecule has 0 fully saturated rings. The Labute approximate surface area is 103 Å². The number of nitrogens with one attached hydrogen (secondary N) is 1. The van der Waals surface area contributed by atoms with Crippen molar-refractivity contribution in [1.29, 1.82) is 0 Å². The highest BCUT2D eigenvalue weighted by Crippen LogP contribution is 2.34. The third-order valence-electron chi connectivity index (χ3n) is 3.20. The minimum atomic E-state index is 0.288. The number of hydrogen-bond acceptors (Lipinski definition) is 1. The normalized spacial score (nSPS) is 17.3. The van der Waals surface area contributed by atoms with Crippen LogP contribution in [-0.4, -0.2) is 7.05 Å². The van der Waals surface area contributed by atoms with Gasteiger partial charge in [-0.15, -0.1) is 0 Å². The largest absolute Gasteiger partial charge is 0.310 e. The first-order valence-corrected chi connectivity index (χ1v) is 6.22. The molecule has 2 heteroatoms. The van der Waals surface area contributed by atoms with E-state index in [1.807, 2.05) is 13.1 Å². The van der Waals surface area contributed by atoms with Crippen molar-refractivity contribution in [3.05, 3.63) is 46.0 Å². The molecule has 0 radical (unpaired) electrons. The number of rotatable bonds is 3. The zero-order chi connectivity index (χ0) is 11.5. The van der Waals surface area contributed by atoms with E-state index in [2.05, 4.69) is 30.4 Å². The number of likely N-dealkylation sites (N-methyl/N-ethyl adjacent to an activating group) is 1. The Balaban J connectivity index is 2.32. The predicted octanol–water partition coefficient (Wildman–Crippen LogP) is 4.02. The van der Waals surface area contributed by atoms with E-state index >= 15 is 0 Å². The van der Waals surface area contributed by atoms with Crippen LogP contribution < -0.4 is 5.32 Å². The van der Waals surface area contributed by atoms with Gasteiger partial charge in [0.1, 0.15) is 0 Å². The summed E-state index contributed by atoms with van der Waals surface area (Å²) in [5, 5.41) is 4.24. The third kappa shape index (κ3) is 2.31. The average molecular weight is 236 g/mol. The highest BCUT2D eigenvalue weighted by Gasteiger charge is 2.19. The van der Waals surface area contributed by atoms with Crippen molar-refractivity contribution in [3.63, 3.8) is 0 Å². The second-order valence-corrected chi connectivity index (χ2v) is 4.83. The molecule has 1 aromatic rings. The Kier molecular flexibility index (Phi) is 3.67. The summed E-state index contributed by atoms with van der Waals surface area (Å²) in [5.41, 5.74) is 3.89. The molecule has 86 valence electrons. The summed E-state index contributed by atoms with van der Waals surface area (Å²) in [6.07, 6.45) is 6.01. The number of aryl methyl sites for hydroxylation is 1. The lowest BCUT2D eigenvalue weighted by molar-refractivity contribution is 0.656. The summed E-state index contributed by atoms with van der Waals surface area (Å²) in [6, 6.07) is 6.59. The van der Waals surface area contributed by atoms with Crippen LogP contribution in [0.4, 0.5) is 0 Å². The summed E-state index contributed by atoms with van der Waals surface area (Å²) in [4.78, 5) is 0. The number of allylic oxidation sites excluding steroid dienone is 1. The van der Waals surface area contributed by atoms with Crippen molar-refractivity contribution in [2.75, 3.05) is 7.05 Å². The summed E-state index contributed by atoms with van der Waals surface area (Å²) >= 11 is 6.31. The van der Waals surface area contributed by atoms with E-state index in [-0.39, 0.29) is 6.04 Å². The van der Waals surface area contributed by atoms with E-state index in [1.165, 1.54) is 36.0 Å². The second-order valence-electron chi connectivity index (χ2n) is 4.42. The Bertz CT molecular complexity index is 409. The second kappa shape index (κ2) is 5.03. The fourth-order valence-electron chi connectivity index (χ4n) is 2.36. The fourth-order valence-corrected chi connectivity index (χ4v) is 2.71. The number of benzene rings is 1. The van der Waals surface area contributed by atoms with Gasteiger partial charge in [0.2, 0.25) is 0 Å². The van der Waals surface area contributed by atoms with Gasteiger partial charge in [-0.3, -0.25) is 0 Å². The van der Waals surface area contributed by atoms with Gasteiger partial charge in [0, 0.05) is 5.02 Å². The lowest BCUT2D eigenvalue weighted by Gasteiger charge is -2.20. The van der Waals surface area contributed by atoms with Crippen LogP contribution in [0.1, 0.15) is 36.4 Å². The lowest BCUT2D eigenvalue weighted by Crippen LogP contribution is -2.18. The standard InChI is InChI=1S/C14H18ClN/c1-10-7-8-12(13(15)9-10)14(16-2)11-5-3-4-6-11/h5,7-9,14,16H,3-4,6H2,1-2H3. The molecule has 2 rings (SSSR count). The van der Waals surface area contributed by atoms with Crippen molar-refractivity contribution < 1.29 is 0 Å². The van der Waals surface area contributed by atoms with Gasteiger partial charge in [-0.05, 0) is 50.4 Å². The minimum absolute atomic E-state index is 0.288. The molecule has 0 spiro atoms. The van der Waals surface area contributed by atoms with Crippen molar-refractivity contribution >= 4 is 11.6 Å². The average Bonchev–Trinajstić information content (AvgIpc) is 2.75. The molecule has 16 heavy (non-hydrogen) atoms. The maximum Gasteiger partial charge on any atom is 0.0548 e. The van der Waals surface area contributed by atoms with Crippen molar-refractivity contribution in [2.45, 2.75) is 32.2 Å². The molecule has 0 aromatic heterocycles. The number of hydrogen-bond donors (Lipinski definition) is 1. The minimum Gasteiger partial charge on any atom is -0.310 e. The molecule has 1 nitrogen and oxygen atoms in total. The van der Waals surface area contributed by atoms with Crippen LogP contribution >= 0.6 is 11.6 Å². The fraction of sp³-hybridized carbons (Fsp3) is 0.429. The van der Waals surface area contributed by atoms with E-state index in [4.69, 9.17) is 11.6 Å². The predicted molar refractivity (Wildman–Crippen MR) is 69.9 cm³/mol. The summed E-state index contributed by atoms with van der Waals surface area (Å²) in [5.74, 6) is 0. The van der Waals surface area contributed by atoms with Crippen LogP contribution in [0.15, 0.2) is 29.8 Å². The maximum absolute atomic E-state index is 6.31. The third-order valence-corrected chi connectivity index (χ3v) is 3.53. The van der Waals surface area contributed by atoms with Crippen molar-refractivity contribution in [2.24, 2.45) is 0 Å². The topological polar surface area (TPSA) is 12.0 Å². The first-order valence-electron chi connectivity index (χ1n) is 5.84. The monoisotopic (exact) mass is 235 g/mol. The van der Waals surface area contributed by atoms with Crippen LogP contribution in [0, 0.1) is 6.92 Å². The van der Waals surface area contributed by atoms with Gasteiger partial charge in [0.15, 0.2) is 0 Å².